The third kappa shape index (κ3) is 3.89. The molecule has 0 saturated carbocycles. The van der Waals surface area contributed by atoms with Gasteiger partial charge in [0.2, 0.25) is 0 Å². The molecule has 0 unspecified atom stereocenters. The summed E-state index contributed by atoms with van der Waals surface area (Å²) in [6.07, 6.45) is 6.01. The fourth-order valence-corrected chi connectivity index (χ4v) is 4.59. The largest absolute Gasteiger partial charge is 0.347 e. The molecule has 0 fully saturated rings. The molecule has 2 N–H and O–H groups in total. The average molecular weight is 378 g/mol. The van der Waals surface area contributed by atoms with E-state index in [4.69, 9.17) is 0 Å². The van der Waals surface area contributed by atoms with Crippen LogP contribution in [0, 0.1) is 0 Å². The van der Waals surface area contributed by atoms with E-state index >= 15 is 0 Å². The van der Waals surface area contributed by atoms with Crippen LogP contribution in [0.2, 0.25) is 0 Å². The molecule has 1 aliphatic heterocycles. The Morgan fingerprint density at radius 3 is 2.43 bits per heavy atom. The first-order chi connectivity index (χ1) is 13.3. The van der Waals surface area contributed by atoms with E-state index in [0.29, 0.717) is 0 Å². The molecule has 2 aromatic carbocycles. The predicted molar refractivity (Wildman–Crippen MR) is 121 cm³/mol. The standard InChI is InChI=1S/C26H36N2/c1-7-8-19-27-22-15-11-9-13-20(22)25(2,3)18-17-24-26(4,5)21-14-10-12-16-23(21)28(24)6/h9-17,27H,7-8,18-19H2,1-6H3/p+1/b24-17+. The lowest BCUT2D eigenvalue weighted by atomic mass is 9.78. The Hall–Kier alpha value is -2.06. The van der Waals surface area contributed by atoms with Crippen molar-refractivity contribution in [3.8, 4) is 0 Å². The molecule has 0 radical (unpaired) electrons. The Labute approximate surface area is 171 Å². The number of quaternary nitrogens is 1. The number of benzene rings is 2. The third-order valence-corrected chi connectivity index (χ3v) is 6.36. The van der Waals surface area contributed by atoms with Crippen LogP contribution in [0.3, 0.4) is 0 Å². The summed E-state index contributed by atoms with van der Waals surface area (Å²) in [5.41, 5.74) is 7.18. The average Bonchev–Trinajstić information content (AvgIpc) is 2.87. The van der Waals surface area contributed by atoms with Crippen molar-refractivity contribution < 1.29 is 5.32 Å². The van der Waals surface area contributed by atoms with Crippen molar-refractivity contribution in [2.24, 2.45) is 0 Å². The molecule has 0 aromatic heterocycles. The van der Waals surface area contributed by atoms with Gasteiger partial charge in [-0.15, -0.1) is 0 Å². The molecule has 3 rings (SSSR count). The first kappa shape index (κ1) is 20.7. The lowest BCUT2D eigenvalue weighted by Gasteiger charge is -2.29. The van der Waals surface area contributed by atoms with Crippen molar-refractivity contribution in [1.29, 1.82) is 0 Å². The first-order valence-corrected chi connectivity index (χ1v) is 10.8. The Morgan fingerprint density at radius 1 is 1.04 bits per heavy atom. The van der Waals surface area contributed by atoms with Crippen LogP contribution in [-0.2, 0) is 10.8 Å². The quantitative estimate of drug-likeness (QED) is 0.487. The predicted octanol–water partition coefficient (Wildman–Crippen LogP) is 5.66. The van der Waals surface area contributed by atoms with E-state index in [-0.39, 0.29) is 10.8 Å². The number of rotatable bonds is 7. The van der Waals surface area contributed by atoms with Crippen LogP contribution in [0.4, 0.5) is 11.4 Å². The number of hydrogen-bond acceptors (Lipinski definition) is 1. The normalized spacial score (nSPS) is 17.2. The zero-order valence-electron chi connectivity index (χ0n) is 18.5. The number of nitrogens with two attached hydrogens (primary N) is 1. The summed E-state index contributed by atoms with van der Waals surface area (Å²) in [7, 11) is 2.21. The van der Waals surface area contributed by atoms with Gasteiger partial charge in [0.25, 0.3) is 0 Å². The zero-order valence-corrected chi connectivity index (χ0v) is 18.5. The van der Waals surface area contributed by atoms with E-state index in [0.717, 1.165) is 13.0 Å². The number of para-hydroxylation sites is 2. The highest BCUT2D eigenvalue weighted by molar-refractivity contribution is 5.69. The number of hydrogen-bond donors (Lipinski definition) is 1. The molecule has 0 atom stereocenters. The van der Waals surface area contributed by atoms with Crippen LogP contribution in [0.15, 0.2) is 60.3 Å². The van der Waals surface area contributed by atoms with Gasteiger partial charge in [0, 0.05) is 29.4 Å². The van der Waals surface area contributed by atoms with Gasteiger partial charge in [-0.1, -0.05) is 83.5 Å². The second-order valence-corrected chi connectivity index (χ2v) is 9.31. The SMILES string of the molecule is CCCC[NH2+]c1ccccc1C(C)(C)C/C=C1/N(C)c2ccccc2C1(C)C. The monoisotopic (exact) mass is 377 g/mol. The van der Waals surface area contributed by atoms with Gasteiger partial charge in [0.15, 0.2) is 0 Å². The summed E-state index contributed by atoms with van der Waals surface area (Å²) in [6.45, 7) is 12.9. The minimum atomic E-state index is 0.0498. The summed E-state index contributed by atoms with van der Waals surface area (Å²) in [4.78, 5) is 2.38. The van der Waals surface area contributed by atoms with Crippen molar-refractivity contribution in [3.63, 3.8) is 0 Å². The molecule has 2 aromatic rings. The maximum atomic E-state index is 2.48. The van der Waals surface area contributed by atoms with Crippen LogP contribution in [-0.4, -0.2) is 13.6 Å². The van der Waals surface area contributed by atoms with E-state index in [2.05, 4.69) is 106 Å². The molecule has 28 heavy (non-hydrogen) atoms. The van der Waals surface area contributed by atoms with Gasteiger partial charge in [0.1, 0.15) is 5.69 Å². The molecular weight excluding hydrogens is 340 g/mol. The zero-order chi connectivity index (χ0) is 20.4. The Kier molecular flexibility index (Phi) is 6.00. The molecule has 1 aliphatic rings. The van der Waals surface area contributed by atoms with Gasteiger partial charge in [0.05, 0.1) is 6.54 Å². The Bertz CT molecular complexity index is 845. The number of allylic oxidation sites excluding steroid dienone is 2. The maximum absolute atomic E-state index is 2.48. The highest BCUT2D eigenvalue weighted by Gasteiger charge is 2.38. The summed E-state index contributed by atoms with van der Waals surface area (Å²) in [5.74, 6) is 0. The van der Waals surface area contributed by atoms with Crippen molar-refractivity contribution in [3.05, 3.63) is 71.4 Å². The second-order valence-electron chi connectivity index (χ2n) is 9.31. The number of fused-ring (bicyclic) bond motifs is 1. The van der Waals surface area contributed by atoms with Crippen LogP contribution in [0.25, 0.3) is 0 Å². The molecule has 0 aliphatic carbocycles. The second kappa shape index (κ2) is 8.13. The maximum Gasteiger partial charge on any atom is 0.133 e. The molecule has 150 valence electrons. The van der Waals surface area contributed by atoms with Crippen molar-refractivity contribution in [2.45, 2.75) is 64.7 Å². The highest BCUT2D eigenvalue weighted by atomic mass is 15.2. The van der Waals surface area contributed by atoms with Crippen molar-refractivity contribution in [1.82, 2.24) is 0 Å². The highest BCUT2D eigenvalue weighted by Crippen LogP contribution is 2.47. The smallest absolute Gasteiger partial charge is 0.133 e. The van der Waals surface area contributed by atoms with Crippen molar-refractivity contribution >= 4 is 11.4 Å². The lowest BCUT2D eigenvalue weighted by Crippen LogP contribution is -2.78. The minimum Gasteiger partial charge on any atom is -0.347 e. The van der Waals surface area contributed by atoms with Crippen LogP contribution >= 0.6 is 0 Å². The van der Waals surface area contributed by atoms with Gasteiger partial charge in [-0.3, -0.25) is 0 Å². The summed E-state index contributed by atoms with van der Waals surface area (Å²) in [5, 5.41) is 2.43. The summed E-state index contributed by atoms with van der Waals surface area (Å²) < 4.78 is 0. The summed E-state index contributed by atoms with van der Waals surface area (Å²) in [6, 6.07) is 17.8. The molecule has 2 heteroatoms. The lowest BCUT2D eigenvalue weighted by molar-refractivity contribution is -0.572. The van der Waals surface area contributed by atoms with Crippen molar-refractivity contribution in [2.75, 3.05) is 18.5 Å². The summed E-state index contributed by atoms with van der Waals surface area (Å²) >= 11 is 0. The number of likely N-dealkylation sites (N-methyl/N-ethyl adjacent to an activating group) is 1. The van der Waals surface area contributed by atoms with E-state index in [9.17, 15) is 0 Å². The molecule has 0 saturated heterocycles. The van der Waals surface area contributed by atoms with Gasteiger partial charge >= 0.3 is 0 Å². The molecule has 0 amide bonds. The molecule has 0 spiro atoms. The topological polar surface area (TPSA) is 19.9 Å². The first-order valence-electron chi connectivity index (χ1n) is 10.8. The molecular formula is C26H37N2+. The van der Waals surface area contributed by atoms with Crippen LogP contribution in [0.1, 0.15) is 65.0 Å². The van der Waals surface area contributed by atoms with E-state index < -0.39 is 0 Å². The molecule has 0 bridgehead atoms. The van der Waals surface area contributed by atoms with Crippen LogP contribution in [0.5, 0.6) is 0 Å². The Morgan fingerprint density at radius 2 is 1.71 bits per heavy atom. The molecule has 2 nitrogen and oxygen atoms in total. The van der Waals surface area contributed by atoms with Gasteiger partial charge in [-0.25, -0.2) is 0 Å². The van der Waals surface area contributed by atoms with Gasteiger partial charge in [-0.2, -0.15) is 0 Å². The van der Waals surface area contributed by atoms with E-state index in [1.807, 2.05) is 0 Å². The van der Waals surface area contributed by atoms with Gasteiger partial charge in [-0.05, 0) is 36.0 Å². The van der Waals surface area contributed by atoms with Crippen LogP contribution < -0.4 is 10.2 Å². The van der Waals surface area contributed by atoms with E-state index in [1.54, 1.807) is 0 Å². The third-order valence-electron chi connectivity index (χ3n) is 6.36. The molecule has 1 heterocycles. The van der Waals surface area contributed by atoms with Gasteiger partial charge < -0.3 is 10.2 Å². The number of anilines is 1. The number of unbranched alkanes of at least 4 members (excludes halogenated alkanes) is 1. The fraction of sp³-hybridized carbons (Fsp3) is 0.462. The minimum absolute atomic E-state index is 0.0498. The van der Waals surface area contributed by atoms with E-state index in [1.165, 1.54) is 41.0 Å². The fourth-order valence-electron chi connectivity index (χ4n) is 4.59. The Balaban J connectivity index is 1.86. The number of nitrogens with zero attached hydrogens (tertiary/aromatic N) is 1.